The van der Waals surface area contributed by atoms with Crippen molar-refractivity contribution in [2.45, 2.75) is 10.8 Å². The smallest absolute Gasteiger partial charge is 0.0714 e. The molecule has 0 atom stereocenters. The molecule has 75 heavy (non-hydrogen) atoms. The first kappa shape index (κ1) is 39.0. The van der Waals surface area contributed by atoms with Gasteiger partial charge in [0, 0.05) is 17.1 Å². The molecule has 0 aliphatic heterocycles. The first-order chi connectivity index (χ1) is 39.3. The Morgan fingerprint density at radius 1 is 0.240 bits per heavy atom. The molecule has 0 amide bonds. The maximum Gasteiger partial charge on any atom is 0.0714 e. The Morgan fingerprint density at radius 2 is 0.533 bits per heavy atom. The molecule has 2 aliphatic rings. The van der Waals surface area contributed by atoms with Gasteiger partial charge in [-0.3, -0.25) is 0 Å². The summed E-state index contributed by atoms with van der Waals surface area (Å²) in [7, 11) is 0. The van der Waals surface area contributed by atoms with Crippen molar-refractivity contribution in [3.05, 3.63) is 354 Å². The van der Waals surface area contributed by atoms with Crippen LogP contribution in [0, 0.1) is 0 Å². The van der Waals surface area contributed by atoms with E-state index in [1.807, 2.05) is 24.3 Å². The predicted octanol–water partition coefficient (Wildman–Crippen LogP) is 18.9. The van der Waals surface area contributed by atoms with Gasteiger partial charge in [-0.1, -0.05) is 273 Å². The SMILES string of the molecule is [2H]c1c([2H])c([2H])c(-c2ccc(-c3ccc(-c4ccc(N(c5ccc6c(c5)C(c5ccccc5)(c5ccccc5)c5ccccc5-6)c5ccc6c(c5)C(c5ccccc5)(c5ccccc5)c5ccccc5-6)cc4)cc3)cc2)c([2H])c1[2H]. The molecular weight excluding hydrogens is 903 g/mol. The average Bonchev–Trinajstić information content (AvgIpc) is 4.18. The van der Waals surface area contributed by atoms with Gasteiger partial charge in [-0.15, -0.1) is 0 Å². The van der Waals surface area contributed by atoms with E-state index < -0.39 is 16.9 Å². The third-order valence-electron chi connectivity index (χ3n) is 15.8. The normalized spacial score (nSPS) is 14.2. The molecule has 0 bridgehead atoms. The highest BCUT2D eigenvalue weighted by Gasteiger charge is 2.48. The van der Waals surface area contributed by atoms with Crippen LogP contribution in [-0.4, -0.2) is 0 Å². The average molecular weight is 959 g/mol. The largest absolute Gasteiger partial charge is 0.310 e. The minimum absolute atomic E-state index is 0.198. The monoisotopic (exact) mass is 958 g/mol. The molecular formula is C74H51N. The molecule has 0 saturated carbocycles. The number of rotatable bonds is 10. The van der Waals surface area contributed by atoms with Gasteiger partial charge in [0.2, 0.25) is 0 Å². The zero-order chi connectivity index (χ0) is 54.1. The molecule has 12 aromatic carbocycles. The fourth-order valence-corrected chi connectivity index (χ4v) is 12.5. The van der Waals surface area contributed by atoms with E-state index in [1.54, 1.807) is 0 Å². The molecule has 0 unspecified atom stereocenters. The first-order valence-corrected chi connectivity index (χ1v) is 25.7. The van der Waals surface area contributed by atoms with Gasteiger partial charge >= 0.3 is 0 Å². The molecule has 352 valence electrons. The fraction of sp³-hybridized carbons (Fsp3) is 0.0270. The van der Waals surface area contributed by atoms with E-state index in [4.69, 9.17) is 6.85 Å². The second-order valence-electron chi connectivity index (χ2n) is 19.6. The van der Waals surface area contributed by atoms with Crippen molar-refractivity contribution in [3.63, 3.8) is 0 Å². The van der Waals surface area contributed by atoms with Gasteiger partial charge in [-0.05, 0) is 137 Å². The number of anilines is 3. The van der Waals surface area contributed by atoms with Gasteiger partial charge in [0.05, 0.1) is 17.7 Å². The Hall–Kier alpha value is -9.56. The second kappa shape index (κ2) is 18.2. The molecule has 1 heteroatoms. The summed E-state index contributed by atoms with van der Waals surface area (Å²) < 4.78 is 41.4. The Balaban J connectivity index is 0.917. The lowest BCUT2D eigenvalue weighted by molar-refractivity contribution is 0.767. The molecule has 0 spiro atoms. The van der Waals surface area contributed by atoms with Crippen LogP contribution in [0.15, 0.2) is 309 Å². The van der Waals surface area contributed by atoms with Crippen LogP contribution in [0.5, 0.6) is 0 Å². The zero-order valence-corrected chi connectivity index (χ0v) is 41.0. The summed E-state index contributed by atoms with van der Waals surface area (Å²) in [6.07, 6.45) is 0. The van der Waals surface area contributed by atoms with Gasteiger partial charge in [0.15, 0.2) is 0 Å². The Morgan fingerprint density at radius 3 is 0.907 bits per heavy atom. The maximum atomic E-state index is 8.49. The van der Waals surface area contributed by atoms with E-state index in [0.717, 1.165) is 39.3 Å². The molecule has 0 N–H and O–H groups in total. The van der Waals surface area contributed by atoms with Gasteiger partial charge in [0.1, 0.15) is 0 Å². The molecule has 14 rings (SSSR count). The molecule has 0 heterocycles. The first-order valence-electron chi connectivity index (χ1n) is 28.2. The summed E-state index contributed by atoms with van der Waals surface area (Å²) in [6.45, 7) is 0. The van der Waals surface area contributed by atoms with Crippen LogP contribution in [0.2, 0.25) is 0 Å². The molecule has 2 aliphatic carbocycles. The van der Waals surface area contributed by atoms with Crippen LogP contribution in [0.25, 0.3) is 55.6 Å². The summed E-state index contributed by atoms with van der Waals surface area (Å²) >= 11 is 0. The molecule has 0 radical (unpaired) electrons. The molecule has 0 aromatic heterocycles. The van der Waals surface area contributed by atoms with E-state index in [1.165, 1.54) is 66.8 Å². The summed E-state index contributed by atoms with van der Waals surface area (Å²) in [5, 5.41) is 0. The van der Waals surface area contributed by atoms with Crippen LogP contribution in [-0.2, 0) is 10.8 Å². The molecule has 12 aromatic rings. The standard InChI is InChI=1S/C74H51N/c1-6-20-52(21-7-1)53-34-36-54(37-35-53)55-38-40-56(41-39-55)57-42-44-62(45-43-57)75(63-46-48-67-65-30-16-18-32-69(65)73(71(67)50-63,58-22-8-2-9-23-58)59-24-10-3-11-25-59)64-47-49-68-66-31-17-19-33-70(66)74(72(68)51-64,60-26-12-4-13-27-60)61-28-14-5-15-29-61/h1-51H/i1D,6D,7D,20D,21D. The van der Waals surface area contributed by atoms with E-state index in [9.17, 15) is 0 Å². The topological polar surface area (TPSA) is 3.24 Å². The molecule has 0 fully saturated rings. The van der Waals surface area contributed by atoms with Crippen molar-refractivity contribution in [3.8, 4) is 55.6 Å². The highest BCUT2D eigenvalue weighted by Crippen LogP contribution is 2.59. The van der Waals surface area contributed by atoms with Crippen molar-refractivity contribution in [1.29, 1.82) is 0 Å². The second-order valence-corrected chi connectivity index (χ2v) is 19.6. The Kier molecular flexibility index (Phi) is 9.46. The lowest BCUT2D eigenvalue weighted by Crippen LogP contribution is -2.29. The van der Waals surface area contributed by atoms with Gasteiger partial charge in [-0.25, -0.2) is 0 Å². The summed E-state index contributed by atoms with van der Waals surface area (Å²) in [4.78, 5) is 2.44. The fourth-order valence-electron chi connectivity index (χ4n) is 12.5. The minimum Gasteiger partial charge on any atom is -0.310 e. The van der Waals surface area contributed by atoms with Gasteiger partial charge < -0.3 is 4.90 Å². The minimum atomic E-state index is -0.589. The highest BCUT2D eigenvalue weighted by atomic mass is 15.1. The number of fused-ring (bicyclic) bond motifs is 6. The van der Waals surface area contributed by atoms with Gasteiger partial charge in [-0.2, -0.15) is 0 Å². The third kappa shape index (κ3) is 7.08. The number of hydrogen-bond donors (Lipinski definition) is 0. The van der Waals surface area contributed by atoms with Crippen LogP contribution in [0.4, 0.5) is 17.1 Å². The van der Waals surface area contributed by atoms with E-state index in [0.29, 0.717) is 5.56 Å². The molecule has 1 nitrogen and oxygen atoms in total. The van der Waals surface area contributed by atoms with E-state index in [-0.39, 0.29) is 29.7 Å². The quantitative estimate of drug-likeness (QED) is 0.132. The Labute approximate surface area is 447 Å². The van der Waals surface area contributed by atoms with Crippen molar-refractivity contribution < 1.29 is 6.85 Å². The van der Waals surface area contributed by atoms with Crippen molar-refractivity contribution in [2.24, 2.45) is 0 Å². The van der Waals surface area contributed by atoms with Crippen molar-refractivity contribution in [2.75, 3.05) is 4.90 Å². The lowest BCUT2D eigenvalue weighted by Gasteiger charge is -2.36. The maximum absolute atomic E-state index is 8.49. The van der Waals surface area contributed by atoms with Gasteiger partial charge in [0.25, 0.3) is 0 Å². The Bertz CT molecular complexity index is 4030. The van der Waals surface area contributed by atoms with E-state index in [2.05, 4.69) is 260 Å². The van der Waals surface area contributed by atoms with Crippen LogP contribution in [0.3, 0.4) is 0 Å². The zero-order valence-electron chi connectivity index (χ0n) is 46.0. The number of hydrogen-bond acceptors (Lipinski definition) is 1. The summed E-state index contributed by atoms with van der Waals surface area (Å²) in [5.74, 6) is 0. The van der Waals surface area contributed by atoms with Crippen molar-refractivity contribution >= 4 is 17.1 Å². The number of benzene rings is 12. The van der Waals surface area contributed by atoms with E-state index >= 15 is 0 Å². The predicted molar refractivity (Wildman–Crippen MR) is 312 cm³/mol. The van der Waals surface area contributed by atoms with Crippen LogP contribution < -0.4 is 4.90 Å². The lowest BCUT2D eigenvalue weighted by atomic mass is 9.67. The van der Waals surface area contributed by atoms with Crippen molar-refractivity contribution in [1.82, 2.24) is 0 Å². The summed E-state index contributed by atoms with van der Waals surface area (Å²) in [6, 6.07) is 99.4. The highest BCUT2D eigenvalue weighted by molar-refractivity contribution is 5.92. The number of nitrogens with zero attached hydrogens (tertiary/aromatic N) is 1. The summed E-state index contributed by atoms with van der Waals surface area (Å²) in [5.41, 5.74) is 21.6. The third-order valence-corrected chi connectivity index (χ3v) is 15.8. The molecule has 0 saturated heterocycles. The van der Waals surface area contributed by atoms with Crippen LogP contribution in [0.1, 0.15) is 51.4 Å². The van der Waals surface area contributed by atoms with Crippen LogP contribution >= 0.6 is 0 Å².